The molecule has 0 heterocycles. The minimum absolute atomic E-state index is 0.0417. The Bertz CT molecular complexity index is 512. The van der Waals surface area contributed by atoms with Crippen molar-refractivity contribution in [3.63, 3.8) is 0 Å². The van der Waals surface area contributed by atoms with Crippen molar-refractivity contribution in [2.24, 2.45) is 5.73 Å². The van der Waals surface area contributed by atoms with Crippen LogP contribution in [0.5, 0.6) is 0 Å². The number of halogens is 4. The van der Waals surface area contributed by atoms with E-state index in [0.29, 0.717) is 6.07 Å². The summed E-state index contributed by atoms with van der Waals surface area (Å²) < 4.78 is 51.8. The van der Waals surface area contributed by atoms with Gasteiger partial charge in [0.2, 0.25) is 0 Å². The van der Waals surface area contributed by atoms with Crippen molar-refractivity contribution in [1.82, 2.24) is 4.90 Å². The Hall–Kier alpha value is -1.63. The lowest BCUT2D eigenvalue weighted by atomic mass is 10.1. The maximum atomic E-state index is 13.9. The zero-order chi connectivity index (χ0) is 14.9. The van der Waals surface area contributed by atoms with Gasteiger partial charge in [0.25, 0.3) is 5.91 Å². The second kappa shape index (κ2) is 5.40. The molecular formula is C13H14F4N2O. The van der Waals surface area contributed by atoms with E-state index >= 15 is 0 Å². The second-order valence-electron chi connectivity index (χ2n) is 4.68. The van der Waals surface area contributed by atoms with Crippen LogP contribution in [0, 0.1) is 5.82 Å². The molecular weight excluding hydrogens is 276 g/mol. The van der Waals surface area contributed by atoms with Crippen molar-refractivity contribution in [1.29, 1.82) is 0 Å². The fourth-order valence-electron chi connectivity index (χ4n) is 2.05. The van der Waals surface area contributed by atoms with Gasteiger partial charge in [-0.15, -0.1) is 0 Å². The van der Waals surface area contributed by atoms with Crippen LogP contribution in [0.1, 0.15) is 28.8 Å². The molecule has 1 saturated carbocycles. The fraction of sp³-hybridized carbons (Fsp3) is 0.462. The lowest BCUT2D eigenvalue weighted by molar-refractivity contribution is -0.140. The zero-order valence-electron chi connectivity index (χ0n) is 10.6. The lowest BCUT2D eigenvalue weighted by Gasteiger charge is -2.22. The van der Waals surface area contributed by atoms with Gasteiger partial charge in [0.1, 0.15) is 5.82 Å². The van der Waals surface area contributed by atoms with E-state index in [0.717, 1.165) is 25.0 Å². The predicted octanol–water partition coefficient (Wildman–Crippen LogP) is 2.41. The predicted molar refractivity (Wildman–Crippen MR) is 64.5 cm³/mol. The van der Waals surface area contributed by atoms with E-state index in [4.69, 9.17) is 5.73 Å². The lowest BCUT2D eigenvalue weighted by Crippen LogP contribution is -2.37. The molecule has 0 aromatic heterocycles. The minimum Gasteiger partial charge on any atom is -0.334 e. The first-order valence-electron chi connectivity index (χ1n) is 6.23. The molecule has 0 spiro atoms. The fourth-order valence-corrected chi connectivity index (χ4v) is 2.05. The summed E-state index contributed by atoms with van der Waals surface area (Å²) in [5, 5.41) is 0. The Labute approximate surface area is 113 Å². The van der Waals surface area contributed by atoms with E-state index < -0.39 is 29.0 Å². The quantitative estimate of drug-likeness (QED) is 0.866. The van der Waals surface area contributed by atoms with Crippen LogP contribution in [-0.2, 0) is 6.18 Å². The Morgan fingerprint density at radius 1 is 1.35 bits per heavy atom. The molecule has 0 unspecified atom stereocenters. The van der Waals surface area contributed by atoms with Crippen LogP contribution < -0.4 is 5.73 Å². The Kier molecular flexibility index (Phi) is 3.99. The molecule has 1 aliphatic carbocycles. The molecule has 110 valence electrons. The number of benzene rings is 1. The van der Waals surface area contributed by atoms with Crippen molar-refractivity contribution in [3.05, 3.63) is 35.1 Å². The summed E-state index contributed by atoms with van der Waals surface area (Å²) in [6.45, 7) is 0.391. The van der Waals surface area contributed by atoms with Gasteiger partial charge < -0.3 is 10.6 Å². The van der Waals surface area contributed by atoms with E-state index in [2.05, 4.69) is 0 Å². The number of carbonyl (C=O) groups excluding carboxylic acids is 1. The molecule has 1 amide bonds. The Morgan fingerprint density at radius 2 is 2.00 bits per heavy atom. The van der Waals surface area contributed by atoms with Gasteiger partial charge in [0, 0.05) is 19.1 Å². The van der Waals surface area contributed by atoms with Crippen LogP contribution in [-0.4, -0.2) is 29.9 Å². The number of carbonyl (C=O) groups is 1. The number of rotatable bonds is 4. The van der Waals surface area contributed by atoms with Crippen molar-refractivity contribution >= 4 is 5.91 Å². The average Bonchev–Trinajstić information content (AvgIpc) is 3.18. The average molecular weight is 290 g/mol. The summed E-state index contributed by atoms with van der Waals surface area (Å²) in [5.41, 5.74) is 3.40. The van der Waals surface area contributed by atoms with Crippen molar-refractivity contribution in [2.45, 2.75) is 25.1 Å². The third-order valence-electron chi connectivity index (χ3n) is 3.15. The van der Waals surface area contributed by atoms with Crippen molar-refractivity contribution in [3.8, 4) is 0 Å². The first-order chi connectivity index (χ1) is 9.36. The maximum Gasteiger partial charge on any atom is 0.419 e. The highest BCUT2D eigenvalue weighted by Crippen LogP contribution is 2.34. The van der Waals surface area contributed by atoms with Crippen molar-refractivity contribution in [2.75, 3.05) is 13.1 Å². The molecule has 3 nitrogen and oxygen atoms in total. The van der Waals surface area contributed by atoms with E-state index in [-0.39, 0.29) is 19.1 Å². The highest BCUT2D eigenvalue weighted by Gasteiger charge is 2.38. The van der Waals surface area contributed by atoms with Crippen LogP contribution in [0.25, 0.3) is 0 Å². The molecule has 0 bridgehead atoms. The standard InChI is InChI=1S/C13H14F4N2O/c14-11-9(2-1-3-10(11)13(15,16)17)12(20)19(7-6-18)8-4-5-8/h1-3,8H,4-7,18H2. The van der Waals surface area contributed by atoms with Crippen LogP contribution in [0.15, 0.2) is 18.2 Å². The number of hydrogen-bond donors (Lipinski definition) is 1. The summed E-state index contributed by atoms with van der Waals surface area (Å²) in [6, 6.07) is 2.68. The van der Waals surface area contributed by atoms with E-state index in [9.17, 15) is 22.4 Å². The molecule has 2 N–H and O–H groups in total. The van der Waals surface area contributed by atoms with Gasteiger partial charge in [-0.05, 0) is 25.0 Å². The number of hydrogen-bond acceptors (Lipinski definition) is 2. The van der Waals surface area contributed by atoms with Gasteiger partial charge in [-0.3, -0.25) is 4.79 Å². The van der Waals surface area contributed by atoms with Gasteiger partial charge in [-0.25, -0.2) is 4.39 Å². The normalized spacial score (nSPS) is 15.2. The number of nitrogens with two attached hydrogens (primary N) is 1. The molecule has 20 heavy (non-hydrogen) atoms. The van der Waals surface area contributed by atoms with Gasteiger partial charge in [0.05, 0.1) is 11.1 Å². The molecule has 0 aliphatic heterocycles. The summed E-state index contributed by atoms with van der Waals surface area (Å²) in [5.74, 6) is -2.26. The molecule has 1 aromatic rings. The Balaban J connectivity index is 2.34. The summed E-state index contributed by atoms with van der Waals surface area (Å²) in [4.78, 5) is 13.5. The first kappa shape index (κ1) is 14.8. The molecule has 1 fully saturated rings. The molecule has 1 aromatic carbocycles. The largest absolute Gasteiger partial charge is 0.419 e. The Morgan fingerprint density at radius 3 is 2.50 bits per heavy atom. The molecule has 0 atom stereocenters. The van der Waals surface area contributed by atoms with E-state index in [1.807, 2.05) is 0 Å². The molecule has 0 radical (unpaired) electrons. The smallest absolute Gasteiger partial charge is 0.334 e. The van der Waals surface area contributed by atoms with Crippen LogP contribution >= 0.6 is 0 Å². The summed E-state index contributed by atoms with van der Waals surface area (Å²) in [6.07, 6.45) is -3.28. The van der Waals surface area contributed by atoms with Gasteiger partial charge >= 0.3 is 6.18 Å². The van der Waals surface area contributed by atoms with Gasteiger partial charge in [-0.1, -0.05) is 6.07 Å². The van der Waals surface area contributed by atoms with Crippen LogP contribution in [0.3, 0.4) is 0 Å². The molecule has 2 rings (SSSR count). The third kappa shape index (κ3) is 2.92. The van der Waals surface area contributed by atoms with E-state index in [1.54, 1.807) is 0 Å². The van der Waals surface area contributed by atoms with Gasteiger partial charge in [-0.2, -0.15) is 13.2 Å². The maximum absolute atomic E-state index is 13.9. The third-order valence-corrected chi connectivity index (χ3v) is 3.15. The molecule has 7 heteroatoms. The first-order valence-corrected chi connectivity index (χ1v) is 6.23. The second-order valence-corrected chi connectivity index (χ2v) is 4.68. The number of amides is 1. The monoisotopic (exact) mass is 290 g/mol. The summed E-state index contributed by atoms with van der Waals surface area (Å²) >= 11 is 0. The van der Waals surface area contributed by atoms with E-state index in [1.165, 1.54) is 4.90 Å². The zero-order valence-corrected chi connectivity index (χ0v) is 10.6. The van der Waals surface area contributed by atoms with Crippen LogP contribution in [0.4, 0.5) is 17.6 Å². The highest BCUT2D eigenvalue weighted by molar-refractivity contribution is 5.95. The summed E-state index contributed by atoms with van der Waals surface area (Å²) in [7, 11) is 0. The number of nitrogens with zero attached hydrogens (tertiary/aromatic N) is 1. The van der Waals surface area contributed by atoms with Crippen molar-refractivity contribution < 1.29 is 22.4 Å². The topological polar surface area (TPSA) is 46.3 Å². The highest BCUT2D eigenvalue weighted by atomic mass is 19.4. The van der Waals surface area contributed by atoms with Gasteiger partial charge in [0.15, 0.2) is 0 Å². The SMILES string of the molecule is NCCN(C(=O)c1cccc(C(F)(F)F)c1F)C1CC1. The molecule has 1 aliphatic rings. The minimum atomic E-state index is -4.82. The number of alkyl halides is 3. The molecule has 0 saturated heterocycles. The van der Waals surface area contributed by atoms with Crippen LogP contribution in [0.2, 0.25) is 0 Å².